The first-order valence-electron chi connectivity index (χ1n) is 5.94. The molecule has 0 spiro atoms. The number of nitrogens with zero attached hydrogens (tertiary/aromatic N) is 1. The summed E-state index contributed by atoms with van der Waals surface area (Å²) in [5.74, 6) is 1.03. The van der Waals surface area contributed by atoms with Crippen LogP contribution in [0.5, 0.6) is 5.75 Å². The SMILES string of the molecule is COCC(C)NC(N)=NCc1ccc(OC)c(Cl)c1.I. The smallest absolute Gasteiger partial charge is 0.189 e. The molecule has 0 aromatic heterocycles. The zero-order valence-corrected chi connectivity index (χ0v) is 14.9. The van der Waals surface area contributed by atoms with Crippen LogP contribution in [-0.2, 0) is 11.3 Å². The molecule has 5 nitrogen and oxygen atoms in total. The van der Waals surface area contributed by atoms with Gasteiger partial charge in [0.1, 0.15) is 5.75 Å². The first-order valence-corrected chi connectivity index (χ1v) is 6.32. The van der Waals surface area contributed by atoms with Gasteiger partial charge in [-0.15, -0.1) is 24.0 Å². The van der Waals surface area contributed by atoms with E-state index in [1.165, 1.54) is 0 Å². The van der Waals surface area contributed by atoms with Crippen LogP contribution in [0.4, 0.5) is 0 Å². The summed E-state index contributed by atoms with van der Waals surface area (Å²) in [6.07, 6.45) is 0. The largest absolute Gasteiger partial charge is 0.495 e. The van der Waals surface area contributed by atoms with Crippen molar-refractivity contribution < 1.29 is 9.47 Å². The average Bonchev–Trinajstić information content (AvgIpc) is 2.36. The van der Waals surface area contributed by atoms with Crippen LogP contribution in [0.1, 0.15) is 12.5 Å². The standard InChI is InChI=1S/C13H20ClN3O2.HI/c1-9(8-18-2)17-13(15)16-7-10-4-5-12(19-3)11(14)6-10;/h4-6,9H,7-8H2,1-3H3,(H3,15,16,17);1H. The highest BCUT2D eigenvalue weighted by Crippen LogP contribution is 2.25. The number of halogens is 2. The van der Waals surface area contributed by atoms with E-state index in [2.05, 4.69) is 10.3 Å². The van der Waals surface area contributed by atoms with Gasteiger partial charge >= 0.3 is 0 Å². The van der Waals surface area contributed by atoms with Gasteiger partial charge in [0, 0.05) is 13.2 Å². The molecule has 0 radical (unpaired) electrons. The molecule has 7 heteroatoms. The highest BCUT2D eigenvalue weighted by atomic mass is 127. The molecule has 0 aliphatic carbocycles. The van der Waals surface area contributed by atoms with Crippen LogP contribution in [0, 0.1) is 0 Å². The summed E-state index contributed by atoms with van der Waals surface area (Å²) in [5.41, 5.74) is 6.74. The quantitative estimate of drug-likeness (QED) is 0.427. The lowest BCUT2D eigenvalue weighted by Gasteiger charge is -2.13. The molecule has 114 valence electrons. The zero-order chi connectivity index (χ0) is 14.3. The molecule has 1 rings (SSSR count). The van der Waals surface area contributed by atoms with E-state index in [1.807, 2.05) is 25.1 Å². The van der Waals surface area contributed by atoms with Gasteiger partial charge in [-0.3, -0.25) is 0 Å². The van der Waals surface area contributed by atoms with E-state index in [4.69, 9.17) is 26.8 Å². The number of nitrogens with one attached hydrogen (secondary N) is 1. The second kappa shape index (κ2) is 10.1. The summed E-state index contributed by atoms with van der Waals surface area (Å²) >= 11 is 6.03. The Morgan fingerprint density at radius 3 is 2.70 bits per heavy atom. The lowest BCUT2D eigenvalue weighted by atomic mass is 10.2. The Labute approximate surface area is 141 Å². The van der Waals surface area contributed by atoms with Crippen molar-refractivity contribution in [3.8, 4) is 5.75 Å². The van der Waals surface area contributed by atoms with Crippen LogP contribution < -0.4 is 15.8 Å². The summed E-state index contributed by atoms with van der Waals surface area (Å²) < 4.78 is 10.1. The number of ether oxygens (including phenoxy) is 2. The highest BCUT2D eigenvalue weighted by molar-refractivity contribution is 14.0. The van der Waals surface area contributed by atoms with Gasteiger partial charge in [-0.25, -0.2) is 4.99 Å². The molecule has 0 aliphatic heterocycles. The van der Waals surface area contributed by atoms with Gasteiger partial charge in [-0.05, 0) is 24.6 Å². The molecule has 0 saturated carbocycles. The third-order valence-corrected chi connectivity index (χ3v) is 2.75. The van der Waals surface area contributed by atoms with Crippen LogP contribution in [0.2, 0.25) is 5.02 Å². The number of rotatable bonds is 6. The van der Waals surface area contributed by atoms with E-state index >= 15 is 0 Å². The van der Waals surface area contributed by atoms with Gasteiger partial charge in [0.25, 0.3) is 0 Å². The number of guanidine groups is 1. The fraction of sp³-hybridized carbons (Fsp3) is 0.462. The Bertz CT molecular complexity index is 444. The molecule has 1 aromatic rings. The maximum atomic E-state index is 6.03. The maximum Gasteiger partial charge on any atom is 0.189 e. The van der Waals surface area contributed by atoms with Crippen molar-refractivity contribution >= 4 is 41.5 Å². The summed E-state index contributed by atoms with van der Waals surface area (Å²) in [7, 11) is 3.23. The lowest BCUT2D eigenvalue weighted by Crippen LogP contribution is -2.40. The summed E-state index contributed by atoms with van der Waals surface area (Å²) in [6.45, 7) is 3.00. The third kappa shape index (κ3) is 6.62. The van der Waals surface area contributed by atoms with Crippen molar-refractivity contribution in [2.24, 2.45) is 10.7 Å². The Morgan fingerprint density at radius 1 is 1.45 bits per heavy atom. The molecule has 0 aliphatic rings. The predicted octanol–water partition coefficient (Wildman–Crippen LogP) is 2.41. The van der Waals surface area contributed by atoms with Crippen molar-refractivity contribution in [1.82, 2.24) is 5.32 Å². The minimum absolute atomic E-state index is 0. The number of hydrogen-bond acceptors (Lipinski definition) is 3. The molecule has 1 unspecified atom stereocenters. The normalized spacial score (nSPS) is 12.5. The molecular formula is C13H21ClIN3O2. The van der Waals surface area contributed by atoms with Gasteiger partial charge in [0.15, 0.2) is 5.96 Å². The van der Waals surface area contributed by atoms with Crippen LogP contribution in [-0.4, -0.2) is 32.8 Å². The molecule has 1 aromatic carbocycles. The number of aliphatic imine (C=N–C) groups is 1. The van der Waals surface area contributed by atoms with Crippen molar-refractivity contribution in [2.45, 2.75) is 19.5 Å². The van der Waals surface area contributed by atoms with Gasteiger partial charge in [-0.1, -0.05) is 17.7 Å². The van der Waals surface area contributed by atoms with Crippen LogP contribution >= 0.6 is 35.6 Å². The van der Waals surface area contributed by atoms with Crippen molar-refractivity contribution in [3.05, 3.63) is 28.8 Å². The van der Waals surface area contributed by atoms with Crippen molar-refractivity contribution in [1.29, 1.82) is 0 Å². The van der Waals surface area contributed by atoms with Crippen molar-refractivity contribution in [2.75, 3.05) is 20.8 Å². The Hall–Kier alpha value is -0.730. The van der Waals surface area contributed by atoms with Gasteiger partial charge in [0.2, 0.25) is 0 Å². The van der Waals surface area contributed by atoms with E-state index in [1.54, 1.807) is 14.2 Å². The third-order valence-electron chi connectivity index (χ3n) is 2.46. The van der Waals surface area contributed by atoms with E-state index in [0.717, 1.165) is 5.56 Å². The highest BCUT2D eigenvalue weighted by Gasteiger charge is 2.03. The first kappa shape index (κ1) is 19.3. The Balaban J connectivity index is 0.00000361. The minimum atomic E-state index is 0. The van der Waals surface area contributed by atoms with Gasteiger partial charge in [0.05, 0.1) is 25.3 Å². The molecule has 0 amide bonds. The topological polar surface area (TPSA) is 68.9 Å². The van der Waals surface area contributed by atoms with Crippen LogP contribution in [0.3, 0.4) is 0 Å². The first-order chi connectivity index (χ1) is 9.06. The summed E-state index contributed by atoms with van der Waals surface area (Å²) in [4.78, 5) is 4.24. The van der Waals surface area contributed by atoms with Crippen LogP contribution in [0.25, 0.3) is 0 Å². The maximum absolute atomic E-state index is 6.03. The molecule has 20 heavy (non-hydrogen) atoms. The fourth-order valence-electron chi connectivity index (χ4n) is 1.57. The molecule has 0 heterocycles. The molecule has 0 fully saturated rings. The number of hydrogen-bond donors (Lipinski definition) is 2. The molecule has 0 saturated heterocycles. The molecule has 0 bridgehead atoms. The average molecular weight is 414 g/mol. The predicted molar refractivity (Wildman–Crippen MR) is 93.2 cm³/mol. The van der Waals surface area contributed by atoms with E-state index < -0.39 is 0 Å². The molecule has 1 atom stereocenters. The number of methoxy groups -OCH3 is 2. The number of nitrogens with two attached hydrogens (primary N) is 1. The summed E-state index contributed by atoms with van der Waals surface area (Å²) in [6, 6.07) is 5.65. The fourth-order valence-corrected chi connectivity index (χ4v) is 1.85. The van der Waals surface area contributed by atoms with E-state index in [-0.39, 0.29) is 30.0 Å². The Kier molecular flexibility index (Phi) is 9.70. The summed E-state index contributed by atoms with van der Waals surface area (Å²) in [5, 5.41) is 3.60. The second-order valence-electron chi connectivity index (χ2n) is 4.17. The van der Waals surface area contributed by atoms with Gasteiger partial charge < -0.3 is 20.5 Å². The molecule has 3 N–H and O–H groups in total. The Morgan fingerprint density at radius 2 is 2.15 bits per heavy atom. The van der Waals surface area contributed by atoms with E-state index in [9.17, 15) is 0 Å². The monoisotopic (exact) mass is 413 g/mol. The zero-order valence-electron chi connectivity index (χ0n) is 11.9. The second-order valence-corrected chi connectivity index (χ2v) is 4.58. The van der Waals surface area contributed by atoms with Gasteiger partial charge in [-0.2, -0.15) is 0 Å². The number of benzene rings is 1. The van der Waals surface area contributed by atoms with Crippen molar-refractivity contribution in [3.63, 3.8) is 0 Å². The minimum Gasteiger partial charge on any atom is -0.495 e. The lowest BCUT2D eigenvalue weighted by molar-refractivity contribution is 0.179. The van der Waals surface area contributed by atoms with Crippen LogP contribution in [0.15, 0.2) is 23.2 Å². The van der Waals surface area contributed by atoms with E-state index in [0.29, 0.717) is 29.9 Å². The molecular weight excluding hydrogens is 393 g/mol.